The number of halogens is 1. The molecule has 0 saturated heterocycles. The van der Waals surface area contributed by atoms with Gasteiger partial charge in [-0.3, -0.25) is 4.79 Å². The number of benzene rings is 3. The van der Waals surface area contributed by atoms with Gasteiger partial charge in [-0.25, -0.2) is 0 Å². The summed E-state index contributed by atoms with van der Waals surface area (Å²) in [5, 5.41) is 11.9. The van der Waals surface area contributed by atoms with Crippen LogP contribution >= 0.6 is 11.6 Å². The van der Waals surface area contributed by atoms with Gasteiger partial charge in [0.15, 0.2) is 0 Å². The van der Waals surface area contributed by atoms with E-state index < -0.39 is 0 Å². The van der Waals surface area contributed by atoms with Gasteiger partial charge in [0, 0.05) is 33.4 Å². The maximum absolute atomic E-state index is 12.0. The van der Waals surface area contributed by atoms with E-state index in [0.717, 1.165) is 32.9 Å². The van der Waals surface area contributed by atoms with Crippen molar-refractivity contribution in [3.05, 3.63) is 82.4 Å². The number of aromatic nitrogens is 1. The first-order valence-electron chi connectivity index (χ1n) is 9.30. The Labute approximate surface area is 173 Å². The molecule has 1 atom stereocenters. The summed E-state index contributed by atoms with van der Waals surface area (Å²) in [6.45, 7) is 2.49. The zero-order chi connectivity index (χ0) is 20.5. The summed E-state index contributed by atoms with van der Waals surface area (Å²) >= 11 is 6.26. The SMILES string of the molecule is COC(=O)C(C)c1ccc2c3cc(Cl)ccc3n(Cc3ccc(C#N)cc3)c2c1. The summed E-state index contributed by atoms with van der Waals surface area (Å²) in [6, 6.07) is 21.7. The third-order valence-corrected chi connectivity index (χ3v) is 5.57. The topological polar surface area (TPSA) is 55.0 Å². The molecule has 144 valence electrons. The molecule has 0 aliphatic carbocycles. The predicted molar refractivity (Wildman–Crippen MR) is 115 cm³/mol. The van der Waals surface area contributed by atoms with Crippen molar-refractivity contribution in [3.8, 4) is 6.07 Å². The molecule has 4 rings (SSSR count). The molecular weight excluding hydrogens is 384 g/mol. The van der Waals surface area contributed by atoms with Crippen LogP contribution in [0.25, 0.3) is 21.8 Å². The van der Waals surface area contributed by atoms with Crippen molar-refractivity contribution in [2.24, 2.45) is 0 Å². The lowest BCUT2D eigenvalue weighted by Gasteiger charge is -2.12. The van der Waals surface area contributed by atoms with E-state index in [4.69, 9.17) is 21.6 Å². The Bertz CT molecular complexity index is 1270. The molecule has 0 spiro atoms. The average molecular weight is 403 g/mol. The summed E-state index contributed by atoms with van der Waals surface area (Å²) < 4.78 is 7.13. The van der Waals surface area contributed by atoms with Crippen LogP contribution in [0, 0.1) is 11.3 Å². The van der Waals surface area contributed by atoms with Crippen LogP contribution in [0.4, 0.5) is 0 Å². The molecule has 0 fully saturated rings. The summed E-state index contributed by atoms with van der Waals surface area (Å²) in [6.07, 6.45) is 0. The molecule has 1 heterocycles. The maximum Gasteiger partial charge on any atom is 0.312 e. The molecule has 3 aromatic carbocycles. The Morgan fingerprint density at radius 1 is 1.07 bits per heavy atom. The number of ether oxygens (including phenoxy) is 1. The van der Waals surface area contributed by atoms with Crippen molar-refractivity contribution in [2.75, 3.05) is 7.11 Å². The quantitative estimate of drug-likeness (QED) is 0.415. The lowest BCUT2D eigenvalue weighted by molar-refractivity contribution is -0.141. The molecule has 0 radical (unpaired) electrons. The fourth-order valence-electron chi connectivity index (χ4n) is 3.71. The number of hydrogen-bond acceptors (Lipinski definition) is 3. The highest BCUT2D eigenvalue weighted by Gasteiger charge is 2.18. The lowest BCUT2D eigenvalue weighted by Crippen LogP contribution is -2.10. The molecule has 0 bridgehead atoms. The van der Waals surface area contributed by atoms with Crippen molar-refractivity contribution < 1.29 is 9.53 Å². The van der Waals surface area contributed by atoms with E-state index >= 15 is 0 Å². The van der Waals surface area contributed by atoms with Crippen LogP contribution < -0.4 is 0 Å². The van der Waals surface area contributed by atoms with Gasteiger partial charge < -0.3 is 9.30 Å². The number of fused-ring (bicyclic) bond motifs is 3. The van der Waals surface area contributed by atoms with Crippen LogP contribution in [0.2, 0.25) is 5.02 Å². The first-order chi connectivity index (χ1) is 14.0. The highest BCUT2D eigenvalue weighted by molar-refractivity contribution is 6.31. The second kappa shape index (κ2) is 7.62. The van der Waals surface area contributed by atoms with Gasteiger partial charge in [-0.05, 0) is 54.4 Å². The Morgan fingerprint density at radius 3 is 2.52 bits per heavy atom. The van der Waals surface area contributed by atoms with E-state index in [-0.39, 0.29) is 11.9 Å². The minimum atomic E-state index is -0.352. The summed E-state index contributed by atoms with van der Waals surface area (Å²) in [5.74, 6) is -0.614. The summed E-state index contributed by atoms with van der Waals surface area (Å²) in [4.78, 5) is 12.0. The van der Waals surface area contributed by atoms with Gasteiger partial charge in [-0.15, -0.1) is 0 Å². The second-order valence-corrected chi connectivity index (χ2v) is 7.51. The first-order valence-corrected chi connectivity index (χ1v) is 9.68. The number of nitriles is 1. The molecule has 0 N–H and O–H groups in total. The first kappa shape index (κ1) is 19.0. The largest absolute Gasteiger partial charge is 0.469 e. The lowest BCUT2D eigenvalue weighted by atomic mass is 9.99. The van der Waals surface area contributed by atoms with Gasteiger partial charge in [0.2, 0.25) is 0 Å². The smallest absolute Gasteiger partial charge is 0.312 e. The number of hydrogen-bond donors (Lipinski definition) is 0. The van der Waals surface area contributed by atoms with Crippen molar-refractivity contribution in [3.63, 3.8) is 0 Å². The van der Waals surface area contributed by atoms with E-state index in [0.29, 0.717) is 17.1 Å². The molecule has 4 nitrogen and oxygen atoms in total. The number of carbonyl (C=O) groups is 1. The van der Waals surface area contributed by atoms with Gasteiger partial charge in [0.25, 0.3) is 0 Å². The summed E-state index contributed by atoms with van der Waals surface area (Å²) in [5.41, 5.74) is 4.72. The minimum absolute atomic E-state index is 0.262. The molecule has 1 aromatic heterocycles. The monoisotopic (exact) mass is 402 g/mol. The maximum atomic E-state index is 12.0. The fourth-order valence-corrected chi connectivity index (χ4v) is 3.88. The minimum Gasteiger partial charge on any atom is -0.469 e. The third kappa shape index (κ3) is 3.46. The fraction of sp³-hybridized carbons (Fsp3) is 0.167. The molecular formula is C24H19ClN2O2. The van der Waals surface area contributed by atoms with Crippen LogP contribution in [0.1, 0.15) is 29.5 Å². The van der Waals surface area contributed by atoms with E-state index in [1.807, 2.05) is 61.5 Å². The van der Waals surface area contributed by atoms with Crippen LogP contribution in [-0.2, 0) is 16.1 Å². The van der Waals surface area contributed by atoms with Gasteiger partial charge in [-0.2, -0.15) is 5.26 Å². The van der Waals surface area contributed by atoms with Crippen LogP contribution in [0.5, 0.6) is 0 Å². The van der Waals surface area contributed by atoms with Gasteiger partial charge in [0.05, 0.1) is 24.7 Å². The Hall–Kier alpha value is -3.29. The molecule has 5 heteroatoms. The van der Waals surface area contributed by atoms with Gasteiger partial charge >= 0.3 is 5.97 Å². The normalized spacial score (nSPS) is 12.1. The van der Waals surface area contributed by atoms with Crippen LogP contribution in [-0.4, -0.2) is 17.6 Å². The van der Waals surface area contributed by atoms with Crippen molar-refractivity contribution >= 4 is 39.4 Å². The van der Waals surface area contributed by atoms with E-state index in [1.165, 1.54) is 7.11 Å². The molecule has 1 unspecified atom stereocenters. The van der Waals surface area contributed by atoms with E-state index in [1.54, 1.807) is 0 Å². The van der Waals surface area contributed by atoms with E-state index in [9.17, 15) is 4.79 Å². The zero-order valence-electron chi connectivity index (χ0n) is 16.1. The number of esters is 1. The third-order valence-electron chi connectivity index (χ3n) is 5.33. The predicted octanol–water partition coefficient (Wildman–Crippen LogP) is 5.64. The Morgan fingerprint density at radius 2 is 1.83 bits per heavy atom. The molecule has 0 aliphatic heterocycles. The highest BCUT2D eigenvalue weighted by atomic mass is 35.5. The average Bonchev–Trinajstić information content (AvgIpc) is 3.05. The van der Waals surface area contributed by atoms with Crippen LogP contribution in [0.3, 0.4) is 0 Å². The molecule has 4 aromatic rings. The molecule has 0 aliphatic rings. The molecule has 29 heavy (non-hydrogen) atoms. The number of nitrogens with zero attached hydrogens (tertiary/aromatic N) is 2. The summed E-state index contributed by atoms with van der Waals surface area (Å²) in [7, 11) is 1.40. The number of rotatable bonds is 4. The highest BCUT2D eigenvalue weighted by Crippen LogP contribution is 2.33. The number of methoxy groups -OCH3 is 1. The van der Waals surface area contributed by atoms with E-state index in [2.05, 4.69) is 16.7 Å². The zero-order valence-corrected chi connectivity index (χ0v) is 16.9. The van der Waals surface area contributed by atoms with Crippen molar-refractivity contribution in [1.82, 2.24) is 4.57 Å². The standard InChI is InChI=1S/C24H19ClN2O2/c1-15(24(28)29-2)18-7-9-20-21-12-19(25)8-10-22(21)27(23(20)11-18)14-17-5-3-16(13-26)4-6-17/h3-12,15H,14H2,1-2H3. The molecule has 0 saturated carbocycles. The Kier molecular flexibility index (Phi) is 5.00. The Balaban J connectivity index is 1.90. The van der Waals surface area contributed by atoms with Crippen LogP contribution in [0.15, 0.2) is 60.7 Å². The van der Waals surface area contributed by atoms with Crippen molar-refractivity contribution in [2.45, 2.75) is 19.4 Å². The molecule has 0 amide bonds. The van der Waals surface area contributed by atoms with Gasteiger partial charge in [0.1, 0.15) is 0 Å². The number of carbonyl (C=O) groups excluding carboxylic acids is 1. The van der Waals surface area contributed by atoms with Crippen molar-refractivity contribution in [1.29, 1.82) is 5.26 Å². The second-order valence-electron chi connectivity index (χ2n) is 7.08. The van der Waals surface area contributed by atoms with Gasteiger partial charge in [-0.1, -0.05) is 35.9 Å².